The van der Waals surface area contributed by atoms with E-state index in [0.29, 0.717) is 16.7 Å². The van der Waals surface area contributed by atoms with Crippen molar-refractivity contribution in [2.24, 2.45) is 0 Å². The molecule has 1 spiro atoms. The highest BCUT2D eigenvalue weighted by Crippen LogP contribution is 2.45. The maximum atomic E-state index is 13.5. The molecule has 1 aromatic carbocycles. The van der Waals surface area contributed by atoms with E-state index < -0.39 is 54.7 Å². The molecule has 4 nitrogen and oxygen atoms in total. The van der Waals surface area contributed by atoms with Crippen molar-refractivity contribution in [3.8, 4) is 5.75 Å². The van der Waals surface area contributed by atoms with Gasteiger partial charge in [-0.1, -0.05) is 0 Å². The van der Waals surface area contributed by atoms with Crippen LogP contribution in [0.5, 0.6) is 5.75 Å². The second kappa shape index (κ2) is 6.70. The third-order valence-electron chi connectivity index (χ3n) is 5.45. The molecule has 9 heteroatoms. The normalized spacial score (nSPS) is 23.8. The van der Waals surface area contributed by atoms with Gasteiger partial charge in [-0.25, -0.2) is 8.78 Å². The third-order valence-corrected chi connectivity index (χ3v) is 5.45. The second-order valence-corrected chi connectivity index (χ2v) is 7.60. The van der Waals surface area contributed by atoms with E-state index in [9.17, 15) is 31.5 Å². The van der Waals surface area contributed by atoms with Gasteiger partial charge in [-0.15, -0.1) is 0 Å². The highest BCUT2D eigenvalue weighted by Gasteiger charge is 2.57. The zero-order valence-electron chi connectivity index (χ0n) is 15.4. The second-order valence-electron chi connectivity index (χ2n) is 7.60. The maximum Gasteiger partial charge on any atom is 0.422 e. The maximum absolute atomic E-state index is 13.5. The lowest BCUT2D eigenvalue weighted by Crippen LogP contribution is -2.51. The van der Waals surface area contributed by atoms with E-state index in [-0.39, 0.29) is 18.6 Å². The number of hydrogen-bond acceptors (Lipinski definition) is 3. The predicted molar refractivity (Wildman–Crippen MR) is 89.5 cm³/mol. The van der Waals surface area contributed by atoms with E-state index in [1.807, 2.05) is 0 Å². The quantitative estimate of drug-likeness (QED) is 0.612. The molecule has 2 aliphatic rings. The van der Waals surface area contributed by atoms with Crippen molar-refractivity contribution >= 4 is 11.7 Å². The van der Waals surface area contributed by atoms with Crippen LogP contribution in [-0.2, 0) is 9.59 Å². The number of carbonyl (C=O) groups excluding carboxylic acids is 2. The van der Waals surface area contributed by atoms with Crippen LogP contribution >= 0.6 is 0 Å². The number of hydrogen-bond donors (Lipinski definition) is 1. The molecule has 1 aromatic rings. The molecule has 1 atom stereocenters. The average Bonchev–Trinajstić information content (AvgIpc) is 2.80. The van der Waals surface area contributed by atoms with E-state index in [4.69, 9.17) is 4.74 Å². The number of aryl methyl sites for hydroxylation is 2. The largest absolute Gasteiger partial charge is 0.484 e. The van der Waals surface area contributed by atoms with E-state index in [0.717, 1.165) is 0 Å². The van der Waals surface area contributed by atoms with Crippen LogP contribution in [0, 0.1) is 13.8 Å². The van der Waals surface area contributed by atoms with E-state index in [1.54, 1.807) is 13.8 Å². The standard InChI is InChI=1S/C19H20F5NO3/c1-10-7-12(28-9-19(22,23)24)8-11(2)13(10)14-15(26)17(25-16(14)27)3-5-18(20,21)6-4-17/h7-8,14H,3-6,9H2,1-2H3,(H,25,27). The summed E-state index contributed by atoms with van der Waals surface area (Å²) < 4.78 is 68.8. The first kappa shape index (κ1) is 20.5. The minimum Gasteiger partial charge on any atom is -0.484 e. The first-order valence-corrected chi connectivity index (χ1v) is 8.88. The highest BCUT2D eigenvalue weighted by atomic mass is 19.4. The van der Waals surface area contributed by atoms with Crippen LogP contribution < -0.4 is 10.1 Å². The van der Waals surface area contributed by atoms with E-state index in [2.05, 4.69) is 5.32 Å². The Kier molecular flexibility index (Phi) is 4.92. The molecule has 0 aromatic heterocycles. The Morgan fingerprint density at radius 1 is 1.07 bits per heavy atom. The summed E-state index contributed by atoms with van der Waals surface area (Å²) in [6, 6.07) is 2.68. The molecule has 154 valence electrons. The number of amides is 1. The molecule has 1 heterocycles. The van der Waals surface area contributed by atoms with Gasteiger partial charge in [0.05, 0.1) is 0 Å². The van der Waals surface area contributed by atoms with Crippen molar-refractivity contribution in [3.05, 3.63) is 28.8 Å². The van der Waals surface area contributed by atoms with Crippen LogP contribution in [0.15, 0.2) is 12.1 Å². The fourth-order valence-electron chi connectivity index (χ4n) is 4.08. The van der Waals surface area contributed by atoms with Gasteiger partial charge in [0.15, 0.2) is 12.4 Å². The van der Waals surface area contributed by atoms with Crippen molar-refractivity contribution in [2.75, 3.05) is 6.61 Å². The number of benzene rings is 1. The number of ether oxygens (including phenoxy) is 1. The molecule has 0 radical (unpaired) electrons. The first-order chi connectivity index (χ1) is 12.8. The van der Waals surface area contributed by atoms with Gasteiger partial charge in [0, 0.05) is 12.8 Å². The van der Waals surface area contributed by atoms with Gasteiger partial charge in [0.2, 0.25) is 11.8 Å². The van der Waals surface area contributed by atoms with Crippen molar-refractivity contribution < 1.29 is 36.3 Å². The lowest BCUT2D eigenvalue weighted by Gasteiger charge is -2.35. The third kappa shape index (κ3) is 3.84. The SMILES string of the molecule is Cc1cc(OCC(F)(F)F)cc(C)c1C1C(=O)NC2(CCC(F)(F)CC2)C1=O. The molecule has 1 N–H and O–H groups in total. The molecule has 2 fully saturated rings. The van der Waals surface area contributed by atoms with Gasteiger partial charge in [-0.05, 0) is 55.5 Å². The van der Waals surface area contributed by atoms with Crippen molar-refractivity contribution in [2.45, 2.75) is 63.1 Å². The van der Waals surface area contributed by atoms with Crippen LogP contribution in [0.3, 0.4) is 0 Å². The number of nitrogens with one attached hydrogen (secondary N) is 1. The molecule has 3 rings (SSSR count). The molecule has 1 amide bonds. The monoisotopic (exact) mass is 405 g/mol. The predicted octanol–water partition coefficient (Wildman–Crippen LogP) is 3.98. The molecule has 1 aliphatic carbocycles. The summed E-state index contributed by atoms with van der Waals surface area (Å²) >= 11 is 0. The van der Waals surface area contributed by atoms with Gasteiger partial charge >= 0.3 is 6.18 Å². The summed E-state index contributed by atoms with van der Waals surface area (Å²) in [5.41, 5.74) is -0.0443. The van der Waals surface area contributed by atoms with Gasteiger partial charge in [0.25, 0.3) is 0 Å². The van der Waals surface area contributed by atoms with Crippen LogP contribution in [-0.4, -0.2) is 35.9 Å². The number of Topliss-reactive ketones (excluding diaryl/α,β-unsaturated/α-hetero) is 1. The number of carbonyl (C=O) groups is 2. The van der Waals surface area contributed by atoms with Gasteiger partial charge in [0.1, 0.15) is 17.2 Å². The molecular formula is C19H20F5NO3. The lowest BCUT2D eigenvalue weighted by molar-refractivity contribution is -0.153. The van der Waals surface area contributed by atoms with Crippen molar-refractivity contribution in [1.82, 2.24) is 5.32 Å². The number of ketones is 1. The van der Waals surface area contributed by atoms with E-state index >= 15 is 0 Å². The van der Waals surface area contributed by atoms with Crippen LogP contribution in [0.4, 0.5) is 22.0 Å². The Morgan fingerprint density at radius 3 is 2.11 bits per heavy atom. The zero-order valence-corrected chi connectivity index (χ0v) is 15.4. The average molecular weight is 405 g/mol. The van der Waals surface area contributed by atoms with Crippen LogP contribution in [0.25, 0.3) is 0 Å². The Morgan fingerprint density at radius 2 is 1.61 bits per heavy atom. The molecular weight excluding hydrogens is 385 g/mol. The summed E-state index contributed by atoms with van der Waals surface area (Å²) in [5.74, 6) is -5.05. The number of halogens is 5. The summed E-state index contributed by atoms with van der Waals surface area (Å²) in [4.78, 5) is 25.6. The van der Waals surface area contributed by atoms with Gasteiger partial charge in [-0.2, -0.15) is 13.2 Å². The Hall–Kier alpha value is -2.19. The van der Waals surface area contributed by atoms with Crippen LogP contribution in [0.2, 0.25) is 0 Å². The minimum atomic E-state index is -4.49. The highest BCUT2D eigenvalue weighted by molar-refractivity contribution is 6.17. The Balaban J connectivity index is 1.87. The van der Waals surface area contributed by atoms with Crippen molar-refractivity contribution in [1.29, 1.82) is 0 Å². The fourth-order valence-corrected chi connectivity index (χ4v) is 4.08. The molecule has 1 saturated heterocycles. The smallest absolute Gasteiger partial charge is 0.422 e. The fraction of sp³-hybridized carbons (Fsp3) is 0.579. The molecule has 1 saturated carbocycles. The minimum absolute atomic E-state index is 0.0195. The van der Waals surface area contributed by atoms with Gasteiger partial charge in [-0.3, -0.25) is 9.59 Å². The first-order valence-electron chi connectivity index (χ1n) is 8.88. The topological polar surface area (TPSA) is 55.4 Å². The zero-order chi connectivity index (χ0) is 20.9. The number of alkyl halides is 5. The summed E-state index contributed by atoms with van der Waals surface area (Å²) in [5, 5.41) is 2.62. The molecule has 0 bridgehead atoms. The molecule has 1 unspecified atom stereocenters. The van der Waals surface area contributed by atoms with Crippen molar-refractivity contribution in [3.63, 3.8) is 0 Å². The van der Waals surface area contributed by atoms with E-state index in [1.165, 1.54) is 12.1 Å². The molecule has 1 aliphatic heterocycles. The molecule has 28 heavy (non-hydrogen) atoms. The number of rotatable bonds is 3. The Bertz CT molecular complexity index is 785. The van der Waals surface area contributed by atoms with Crippen LogP contribution in [0.1, 0.15) is 48.3 Å². The summed E-state index contributed by atoms with van der Waals surface area (Å²) in [6.07, 6.45) is -5.71. The van der Waals surface area contributed by atoms with Gasteiger partial charge < -0.3 is 10.1 Å². The Labute approximate surface area is 158 Å². The summed E-state index contributed by atoms with van der Waals surface area (Å²) in [7, 11) is 0. The lowest BCUT2D eigenvalue weighted by atomic mass is 9.74. The summed E-state index contributed by atoms with van der Waals surface area (Å²) in [6.45, 7) is 1.69.